The Morgan fingerprint density at radius 2 is 1.52 bits per heavy atom. The average molecular weight is 819 g/mol. The van der Waals surface area contributed by atoms with E-state index in [1.165, 1.54) is 11.1 Å². The van der Waals surface area contributed by atoms with E-state index in [1.54, 1.807) is 7.11 Å². The van der Waals surface area contributed by atoms with Crippen LogP contribution in [0.15, 0.2) is 24.3 Å². The molecule has 0 aromatic carbocycles. The fourth-order valence-electron chi connectivity index (χ4n) is 11.0. The maximum atomic E-state index is 13.4. The molecule has 58 heavy (non-hydrogen) atoms. The molecule has 8 aliphatic rings. The molecule has 13 heteroatoms. The quantitative estimate of drug-likeness (QED) is 0.207. The van der Waals surface area contributed by atoms with Crippen LogP contribution in [-0.4, -0.2) is 141 Å². The van der Waals surface area contributed by atoms with Crippen molar-refractivity contribution in [1.82, 2.24) is 0 Å². The van der Waals surface area contributed by atoms with E-state index in [0.717, 1.165) is 44.9 Å². The number of carbonyl (C=O) groups is 1. The molecule has 0 aliphatic carbocycles. The topological polar surface area (TPSA) is 139 Å². The van der Waals surface area contributed by atoms with Gasteiger partial charge in [-0.25, -0.2) is 0 Å². The van der Waals surface area contributed by atoms with Crippen molar-refractivity contribution >= 4 is 5.97 Å². The van der Waals surface area contributed by atoms with Gasteiger partial charge in [-0.15, -0.1) is 0 Å². The molecule has 8 heterocycles. The first-order valence-electron chi connectivity index (χ1n) is 22.3. The van der Waals surface area contributed by atoms with Gasteiger partial charge in [0.15, 0.2) is 5.79 Å². The van der Waals surface area contributed by atoms with Gasteiger partial charge in [-0.1, -0.05) is 27.0 Å². The second-order valence-electron chi connectivity index (χ2n) is 19.2. The van der Waals surface area contributed by atoms with Crippen LogP contribution >= 0.6 is 0 Å². The summed E-state index contributed by atoms with van der Waals surface area (Å²) in [5.74, 6) is -0.565. The van der Waals surface area contributed by atoms with Gasteiger partial charge in [-0.3, -0.25) is 4.79 Å². The molecule has 0 saturated carbocycles. The number of hydrogen-bond donors (Lipinski definition) is 1. The lowest BCUT2D eigenvalue weighted by atomic mass is 9.83. The van der Waals surface area contributed by atoms with Crippen molar-refractivity contribution in [3.05, 3.63) is 24.3 Å². The van der Waals surface area contributed by atoms with Crippen LogP contribution in [0.5, 0.6) is 0 Å². The second kappa shape index (κ2) is 18.1. The highest BCUT2D eigenvalue weighted by atomic mass is 16.7. The maximum Gasteiger partial charge on any atom is 0.308 e. The predicted octanol–water partition coefficient (Wildman–Crippen LogP) is 5.51. The molecule has 13 nitrogen and oxygen atoms in total. The summed E-state index contributed by atoms with van der Waals surface area (Å²) in [6.07, 6.45) is 5.14. The molecule has 8 saturated heterocycles. The summed E-state index contributed by atoms with van der Waals surface area (Å²) in [5, 5.41) is 11.4. The molecule has 0 radical (unpaired) electrons. The van der Waals surface area contributed by atoms with Crippen molar-refractivity contribution in [2.45, 2.75) is 221 Å². The monoisotopic (exact) mass is 818 g/mol. The number of carbonyl (C=O) groups excluding carboxylic acids is 1. The molecule has 0 aromatic rings. The highest BCUT2D eigenvalue weighted by molar-refractivity contribution is 5.70. The number of aliphatic hydroxyl groups is 1. The van der Waals surface area contributed by atoms with E-state index in [2.05, 4.69) is 27.0 Å². The van der Waals surface area contributed by atoms with Gasteiger partial charge in [-0.05, 0) is 89.2 Å². The molecule has 0 bridgehead atoms. The normalized spacial score (nSPS) is 47.9. The number of hydrogen-bond acceptors (Lipinski definition) is 13. The lowest BCUT2D eigenvalue weighted by Crippen LogP contribution is -2.63. The Hall–Kier alpha value is -1.49. The third-order valence-corrected chi connectivity index (χ3v) is 14.4. The first-order valence-corrected chi connectivity index (χ1v) is 22.3. The SMILES string of the molecule is C=C1CO[C@@H](CC[C@@H]2O[C@@H](CC[C@@H]3C[C@@H](OC)C(C4C[C@@H](O)[C@H]5O[C@@H](CC(=O)O[C@@H]6[C@@H](C)[C@@H]7O[C@@H]8COC(C)(C)O[C@@H]8C[C@@H]7O[C@H]6C)CC[C@@H]5O4)O3)CC2=C)C[C@H]1C. The van der Waals surface area contributed by atoms with Crippen molar-refractivity contribution in [3.63, 3.8) is 0 Å². The van der Waals surface area contributed by atoms with Crippen LogP contribution in [0, 0.1) is 11.8 Å². The molecule has 1 N–H and O–H groups in total. The molecular weight excluding hydrogens is 748 g/mol. The highest BCUT2D eigenvalue weighted by Gasteiger charge is 2.53. The Labute approximate surface area is 345 Å². The zero-order valence-corrected chi connectivity index (χ0v) is 35.6. The molecule has 19 atom stereocenters. The number of ether oxygens (including phenoxy) is 11. The molecule has 2 unspecified atom stereocenters. The predicted molar refractivity (Wildman–Crippen MR) is 211 cm³/mol. The van der Waals surface area contributed by atoms with Crippen molar-refractivity contribution in [2.24, 2.45) is 11.8 Å². The van der Waals surface area contributed by atoms with Crippen LogP contribution in [0.25, 0.3) is 0 Å². The van der Waals surface area contributed by atoms with E-state index >= 15 is 0 Å². The van der Waals surface area contributed by atoms with Crippen LogP contribution in [0.4, 0.5) is 0 Å². The zero-order chi connectivity index (χ0) is 40.9. The average Bonchev–Trinajstić information content (AvgIpc) is 3.77. The van der Waals surface area contributed by atoms with E-state index in [9.17, 15) is 9.90 Å². The molecule has 0 aromatic heterocycles. The van der Waals surface area contributed by atoms with Crippen molar-refractivity contribution in [2.75, 3.05) is 20.3 Å². The Kier molecular flexibility index (Phi) is 13.5. The summed E-state index contributed by atoms with van der Waals surface area (Å²) < 4.78 is 69.0. The van der Waals surface area contributed by atoms with Crippen molar-refractivity contribution < 1.29 is 62.0 Å². The van der Waals surface area contributed by atoms with Gasteiger partial charge >= 0.3 is 5.97 Å². The smallest absolute Gasteiger partial charge is 0.308 e. The Morgan fingerprint density at radius 1 is 0.759 bits per heavy atom. The van der Waals surface area contributed by atoms with Gasteiger partial charge in [0, 0.05) is 32.3 Å². The van der Waals surface area contributed by atoms with E-state index in [-0.39, 0.29) is 104 Å². The summed E-state index contributed by atoms with van der Waals surface area (Å²) in [6.45, 7) is 19.7. The third-order valence-electron chi connectivity index (χ3n) is 14.4. The largest absolute Gasteiger partial charge is 0.459 e. The van der Waals surface area contributed by atoms with Crippen molar-refractivity contribution in [3.8, 4) is 0 Å². The van der Waals surface area contributed by atoms with E-state index in [0.29, 0.717) is 44.8 Å². The number of esters is 1. The first kappa shape index (κ1) is 43.2. The van der Waals surface area contributed by atoms with Crippen LogP contribution in [-0.2, 0) is 56.9 Å². The van der Waals surface area contributed by atoms with Gasteiger partial charge in [0.25, 0.3) is 0 Å². The zero-order valence-electron chi connectivity index (χ0n) is 35.6. The summed E-state index contributed by atoms with van der Waals surface area (Å²) in [4.78, 5) is 13.4. The first-order chi connectivity index (χ1) is 27.7. The Morgan fingerprint density at radius 3 is 2.31 bits per heavy atom. The molecule has 0 spiro atoms. The minimum absolute atomic E-state index is 0.0164. The lowest BCUT2D eigenvalue weighted by Gasteiger charge is -2.52. The van der Waals surface area contributed by atoms with Gasteiger partial charge in [-0.2, -0.15) is 0 Å². The summed E-state index contributed by atoms with van der Waals surface area (Å²) in [5.41, 5.74) is 2.36. The van der Waals surface area contributed by atoms with Crippen LogP contribution < -0.4 is 0 Å². The van der Waals surface area contributed by atoms with Gasteiger partial charge in [0.2, 0.25) is 0 Å². The van der Waals surface area contributed by atoms with Crippen molar-refractivity contribution in [1.29, 1.82) is 0 Å². The minimum atomic E-state index is -0.757. The Balaban J connectivity index is 0.767. The standard InChI is InChI=1S/C45H70O13/c1-23-15-28(49-21-25(23)3)11-13-33-24(2)16-29(52-33)9-10-30-17-36(48-8)44(54-30)37-19-32(46)43-34(55-37)14-12-31(53-43)18-40(47)57-41-26(4)42-38(51-27(41)5)20-35-39(56-42)22-50-45(6,7)58-35/h23,26-39,41-44,46H,2-3,9-22H2,1,4-8H3/t23-,26-,27+,28+,29+,30-,31-,32-,33+,34+,35-,36-,37?,38+,39-,41-,42+,43-,44?/m1/s1. The highest BCUT2D eigenvalue weighted by Crippen LogP contribution is 2.42. The number of fused-ring (bicyclic) bond motifs is 3. The van der Waals surface area contributed by atoms with E-state index < -0.39 is 24.1 Å². The Bertz CT molecular complexity index is 1450. The van der Waals surface area contributed by atoms with E-state index in [4.69, 9.17) is 52.1 Å². The van der Waals surface area contributed by atoms with Gasteiger partial charge in [0.05, 0.1) is 99.0 Å². The summed E-state index contributed by atoms with van der Waals surface area (Å²) in [7, 11) is 1.72. The maximum absolute atomic E-state index is 13.4. The lowest BCUT2D eigenvalue weighted by molar-refractivity contribution is -0.354. The van der Waals surface area contributed by atoms with Gasteiger partial charge in [0.1, 0.15) is 24.4 Å². The number of aliphatic hydroxyl groups excluding tert-OH is 1. The number of methoxy groups -OCH3 is 1. The van der Waals surface area contributed by atoms with Crippen LogP contribution in [0.2, 0.25) is 0 Å². The molecule has 8 fully saturated rings. The molecular formula is C45H70O13. The third kappa shape index (κ3) is 9.60. The van der Waals surface area contributed by atoms with Crippen LogP contribution in [0.1, 0.15) is 112 Å². The summed E-state index contributed by atoms with van der Waals surface area (Å²) in [6, 6.07) is 0. The second-order valence-corrected chi connectivity index (χ2v) is 19.2. The fourth-order valence-corrected chi connectivity index (χ4v) is 11.0. The summed E-state index contributed by atoms with van der Waals surface area (Å²) >= 11 is 0. The molecule has 8 rings (SSSR count). The van der Waals surface area contributed by atoms with Gasteiger partial charge < -0.3 is 57.2 Å². The molecule has 0 amide bonds. The van der Waals surface area contributed by atoms with E-state index in [1.807, 2.05) is 20.8 Å². The minimum Gasteiger partial charge on any atom is -0.459 e. The molecule has 8 aliphatic heterocycles. The van der Waals surface area contributed by atoms with Crippen LogP contribution in [0.3, 0.4) is 0 Å². The number of rotatable bonds is 11. The fraction of sp³-hybridized carbons (Fsp3) is 0.889. The molecule has 328 valence electrons.